The average Bonchev–Trinajstić information content (AvgIpc) is 2.21. The van der Waals surface area contributed by atoms with Gasteiger partial charge in [-0.3, -0.25) is 4.57 Å². The molecule has 0 aromatic rings. The zero-order chi connectivity index (χ0) is 15.9. The summed E-state index contributed by atoms with van der Waals surface area (Å²) in [5.74, 6) is -2.60. The fourth-order valence-electron chi connectivity index (χ4n) is 1.32. The molecule has 8 heteroatoms. The molecule has 0 saturated carbocycles. The number of rotatable bonds is 8. The standard InChI is InChI=1S/C12H22NO6P/c1-8(2)17-12(15)11(13-7-14)20(16,18-9(3)4)19-10(5)6/h8-11H,1-6H3. The number of esters is 1. The van der Waals surface area contributed by atoms with Gasteiger partial charge in [0.25, 0.3) is 5.78 Å². The fourth-order valence-corrected chi connectivity index (χ4v) is 3.29. The van der Waals surface area contributed by atoms with E-state index < -0.39 is 37.7 Å². The lowest BCUT2D eigenvalue weighted by Gasteiger charge is -2.26. The third-order valence-electron chi connectivity index (χ3n) is 1.75. The van der Waals surface area contributed by atoms with Gasteiger partial charge < -0.3 is 13.8 Å². The quantitative estimate of drug-likeness (QED) is 0.296. The third-order valence-corrected chi connectivity index (χ3v) is 4.11. The van der Waals surface area contributed by atoms with Crippen LogP contribution in [0.4, 0.5) is 0 Å². The second kappa shape index (κ2) is 8.32. The van der Waals surface area contributed by atoms with Crippen LogP contribution in [0.5, 0.6) is 0 Å². The van der Waals surface area contributed by atoms with Crippen molar-refractivity contribution in [1.29, 1.82) is 0 Å². The normalized spacial score (nSPS) is 13.4. The zero-order valence-corrected chi connectivity index (χ0v) is 13.5. The molecule has 0 bridgehead atoms. The molecule has 0 heterocycles. The van der Waals surface area contributed by atoms with Crippen LogP contribution in [0.2, 0.25) is 0 Å². The summed E-state index contributed by atoms with van der Waals surface area (Å²) in [5.41, 5.74) is 0. The second-order valence-corrected chi connectivity index (χ2v) is 6.92. The van der Waals surface area contributed by atoms with Crippen LogP contribution in [-0.2, 0) is 27.9 Å². The highest BCUT2D eigenvalue weighted by Gasteiger charge is 2.45. The third kappa shape index (κ3) is 6.44. The van der Waals surface area contributed by atoms with Gasteiger partial charge in [-0.2, -0.15) is 4.99 Å². The molecule has 0 saturated heterocycles. The van der Waals surface area contributed by atoms with Gasteiger partial charge >= 0.3 is 13.6 Å². The summed E-state index contributed by atoms with van der Waals surface area (Å²) in [6.07, 6.45) is -0.182. The molecule has 0 aromatic carbocycles. The van der Waals surface area contributed by atoms with Gasteiger partial charge in [-0.25, -0.2) is 9.59 Å². The Balaban J connectivity index is 5.47. The van der Waals surface area contributed by atoms with Crippen LogP contribution < -0.4 is 0 Å². The van der Waals surface area contributed by atoms with Crippen LogP contribution in [0.3, 0.4) is 0 Å². The molecule has 0 aromatic heterocycles. The van der Waals surface area contributed by atoms with Gasteiger partial charge in [-0.05, 0) is 41.5 Å². The first-order valence-electron chi connectivity index (χ1n) is 6.36. The number of isocyanates is 1. The molecule has 0 fully saturated rings. The molecule has 0 amide bonds. The highest BCUT2D eigenvalue weighted by molar-refractivity contribution is 7.55. The van der Waals surface area contributed by atoms with Gasteiger partial charge in [-0.1, -0.05) is 0 Å². The van der Waals surface area contributed by atoms with Gasteiger partial charge in [0.2, 0.25) is 6.08 Å². The summed E-state index contributed by atoms with van der Waals surface area (Å²) in [7, 11) is -3.97. The Morgan fingerprint density at radius 3 is 1.75 bits per heavy atom. The van der Waals surface area contributed by atoms with Gasteiger partial charge in [0.1, 0.15) is 0 Å². The molecule has 0 aliphatic carbocycles. The van der Waals surface area contributed by atoms with Crippen LogP contribution in [-0.4, -0.2) is 36.1 Å². The Morgan fingerprint density at radius 1 is 1.00 bits per heavy atom. The first kappa shape index (κ1) is 19.0. The molecule has 0 aliphatic heterocycles. The summed E-state index contributed by atoms with van der Waals surface area (Å²) in [4.78, 5) is 25.7. The van der Waals surface area contributed by atoms with E-state index in [9.17, 15) is 14.2 Å². The van der Waals surface area contributed by atoms with Crippen molar-refractivity contribution in [2.24, 2.45) is 4.99 Å². The number of carbonyl (C=O) groups excluding carboxylic acids is 2. The maximum absolute atomic E-state index is 12.7. The van der Waals surface area contributed by atoms with Crippen LogP contribution in [0.1, 0.15) is 41.5 Å². The minimum atomic E-state index is -3.97. The molecular weight excluding hydrogens is 285 g/mol. The summed E-state index contributed by atoms with van der Waals surface area (Å²) >= 11 is 0. The van der Waals surface area contributed by atoms with E-state index in [1.54, 1.807) is 41.5 Å². The summed E-state index contributed by atoms with van der Waals surface area (Å²) < 4.78 is 28.1. The van der Waals surface area contributed by atoms with Gasteiger partial charge in [-0.15, -0.1) is 0 Å². The average molecular weight is 307 g/mol. The topological polar surface area (TPSA) is 91.3 Å². The second-order valence-electron chi connectivity index (χ2n) is 4.93. The van der Waals surface area contributed by atoms with Gasteiger partial charge in [0.05, 0.1) is 18.3 Å². The highest BCUT2D eigenvalue weighted by Crippen LogP contribution is 2.55. The first-order chi connectivity index (χ1) is 9.12. The minimum Gasteiger partial charge on any atom is -0.461 e. The largest absolute Gasteiger partial charge is 0.461 e. The first-order valence-corrected chi connectivity index (χ1v) is 7.97. The summed E-state index contributed by atoms with van der Waals surface area (Å²) in [5, 5.41) is 0. The van der Waals surface area contributed by atoms with E-state index in [0.29, 0.717) is 0 Å². The molecule has 1 atom stereocenters. The number of hydrogen-bond acceptors (Lipinski definition) is 7. The van der Waals surface area contributed by atoms with Crippen molar-refractivity contribution < 1.29 is 27.9 Å². The van der Waals surface area contributed by atoms with Crippen molar-refractivity contribution in [3.63, 3.8) is 0 Å². The lowest BCUT2D eigenvalue weighted by Crippen LogP contribution is -2.28. The number of carbonyl (C=O) groups is 1. The van der Waals surface area contributed by atoms with Crippen molar-refractivity contribution >= 4 is 19.6 Å². The van der Waals surface area contributed by atoms with Crippen molar-refractivity contribution in [3.8, 4) is 0 Å². The Kier molecular flexibility index (Phi) is 7.91. The molecule has 116 valence electrons. The molecule has 7 nitrogen and oxygen atoms in total. The smallest absolute Gasteiger partial charge is 0.367 e. The maximum atomic E-state index is 12.7. The van der Waals surface area contributed by atoms with E-state index in [2.05, 4.69) is 4.99 Å². The van der Waals surface area contributed by atoms with E-state index in [1.165, 1.54) is 6.08 Å². The zero-order valence-electron chi connectivity index (χ0n) is 12.7. The lowest BCUT2D eigenvalue weighted by atomic mass is 10.5. The van der Waals surface area contributed by atoms with E-state index in [0.717, 1.165) is 0 Å². The molecular formula is C12H22NO6P. The SMILES string of the molecule is CC(C)OC(=O)C(N=C=O)P(=O)(OC(C)C)OC(C)C. The summed E-state index contributed by atoms with van der Waals surface area (Å²) in [6.45, 7) is 9.77. The molecule has 1 unspecified atom stereocenters. The molecule has 0 radical (unpaired) electrons. The Hall–Kier alpha value is -1.00. The minimum absolute atomic E-state index is 0.446. The predicted molar refractivity (Wildman–Crippen MR) is 73.2 cm³/mol. The van der Waals surface area contributed by atoms with Gasteiger partial charge in [0, 0.05) is 0 Å². The van der Waals surface area contributed by atoms with Crippen molar-refractivity contribution in [2.75, 3.05) is 0 Å². The molecule has 0 N–H and O–H groups in total. The van der Waals surface area contributed by atoms with Crippen LogP contribution >= 0.6 is 7.60 Å². The monoisotopic (exact) mass is 307 g/mol. The van der Waals surface area contributed by atoms with E-state index >= 15 is 0 Å². The molecule has 0 aliphatic rings. The number of hydrogen-bond donors (Lipinski definition) is 0. The van der Waals surface area contributed by atoms with Crippen LogP contribution in [0.15, 0.2) is 4.99 Å². The van der Waals surface area contributed by atoms with Crippen LogP contribution in [0.25, 0.3) is 0 Å². The number of nitrogens with zero attached hydrogens (tertiary/aromatic N) is 1. The Morgan fingerprint density at radius 2 is 1.45 bits per heavy atom. The Labute approximate surface area is 119 Å². The maximum Gasteiger partial charge on any atom is 0.367 e. The van der Waals surface area contributed by atoms with E-state index in [4.69, 9.17) is 13.8 Å². The lowest BCUT2D eigenvalue weighted by molar-refractivity contribution is -0.147. The van der Waals surface area contributed by atoms with Crippen molar-refractivity contribution in [1.82, 2.24) is 0 Å². The van der Waals surface area contributed by atoms with Crippen LogP contribution in [0, 0.1) is 0 Å². The predicted octanol–water partition coefficient (Wildman–Crippen LogP) is 2.64. The van der Waals surface area contributed by atoms with Gasteiger partial charge in [0.15, 0.2) is 0 Å². The molecule has 0 rings (SSSR count). The highest BCUT2D eigenvalue weighted by atomic mass is 31.2. The van der Waals surface area contributed by atoms with E-state index in [-0.39, 0.29) is 0 Å². The fraction of sp³-hybridized carbons (Fsp3) is 0.833. The van der Waals surface area contributed by atoms with Crippen molar-refractivity contribution in [2.45, 2.75) is 65.6 Å². The molecule has 0 spiro atoms. The molecule has 20 heavy (non-hydrogen) atoms. The van der Waals surface area contributed by atoms with Crippen molar-refractivity contribution in [3.05, 3.63) is 0 Å². The van der Waals surface area contributed by atoms with E-state index in [1.807, 2.05) is 0 Å². The number of aliphatic imine (C=N–C) groups is 1. The summed E-state index contributed by atoms with van der Waals surface area (Å²) in [6, 6.07) is 0. The Bertz CT molecular complexity index is 400. The number of ether oxygens (including phenoxy) is 1.